The third-order valence-electron chi connectivity index (χ3n) is 5.54. The summed E-state index contributed by atoms with van der Waals surface area (Å²) in [5.41, 5.74) is 6.70. The van der Waals surface area contributed by atoms with Gasteiger partial charge in [-0.05, 0) is 75.0 Å². The SMILES string of the molecule is CCCN(CC)Cc1nc2ccccc2n1CCCc1c(C)cccc1C. The van der Waals surface area contributed by atoms with E-state index in [1.54, 1.807) is 0 Å². The van der Waals surface area contributed by atoms with Gasteiger partial charge in [0, 0.05) is 6.54 Å². The minimum absolute atomic E-state index is 0.933. The van der Waals surface area contributed by atoms with E-state index in [1.807, 2.05) is 0 Å². The molecule has 0 bridgehead atoms. The summed E-state index contributed by atoms with van der Waals surface area (Å²) >= 11 is 0. The summed E-state index contributed by atoms with van der Waals surface area (Å²) in [5.74, 6) is 1.20. The van der Waals surface area contributed by atoms with Gasteiger partial charge in [0.1, 0.15) is 5.82 Å². The van der Waals surface area contributed by atoms with Crippen LogP contribution in [0, 0.1) is 13.8 Å². The Labute approximate surface area is 164 Å². The highest BCUT2D eigenvalue weighted by Gasteiger charge is 2.13. The highest BCUT2D eigenvalue weighted by molar-refractivity contribution is 5.75. The fourth-order valence-corrected chi connectivity index (χ4v) is 4.02. The van der Waals surface area contributed by atoms with E-state index in [0.29, 0.717) is 0 Å². The van der Waals surface area contributed by atoms with E-state index in [1.165, 1.54) is 34.5 Å². The fourth-order valence-electron chi connectivity index (χ4n) is 4.02. The van der Waals surface area contributed by atoms with Gasteiger partial charge in [0.2, 0.25) is 0 Å². The molecular weight excluding hydrogens is 330 g/mol. The van der Waals surface area contributed by atoms with Crippen LogP contribution in [0.2, 0.25) is 0 Å². The quantitative estimate of drug-likeness (QED) is 0.499. The van der Waals surface area contributed by atoms with Crippen molar-refractivity contribution in [3.8, 4) is 0 Å². The van der Waals surface area contributed by atoms with Gasteiger partial charge in [-0.3, -0.25) is 4.90 Å². The summed E-state index contributed by atoms with van der Waals surface area (Å²) < 4.78 is 2.45. The first-order chi connectivity index (χ1) is 13.1. The van der Waals surface area contributed by atoms with Crippen LogP contribution in [-0.4, -0.2) is 27.5 Å². The van der Waals surface area contributed by atoms with Crippen molar-refractivity contribution in [3.63, 3.8) is 0 Å². The second-order valence-electron chi connectivity index (χ2n) is 7.51. The summed E-state index contributed by atoms with van der Waals surface area (Å²) in [7, 11) is 0. The predicted octanol–water partition coefficient (Wildman–Crippen LogP) is 5.52. The van der Waals surface area contributed by atoms with Gasteiger partial charge in [-0.2, -0.15) is 0 Å². The van der Waals surface area contributed by atoms with Gasteiger partial charge >= 0.3 is 0 Å². The molecule has 3 aromatic rings. The number of hydrogen-bond donors (Lipinski definition) is 0. The third-order valence-corrected chi connectivity index (χ3v) is 5.54. The Bertz CT molecular complexity index is 858. The van der Waals surface area contributed by atoms with Crippen molar-refractivity contribution >= 4 is 11.0 Å². The van der Waals surface area contributed by atoms with E-state index in [-0.39, 0.29) is 0 Å². The van der Waals surface area contributed by atoms with Gasteiger partial charge < -0.3 is 4.57 Å². The van der Waals surface area contributed by atoms with E-state index in [2.05, 4.69) is 79.6 Å². The van der Waals surface area contributed by atoms with Gasteiger partial charge in [0.15, 0.2) is 0 Å². The molecule has 0 saturated carbocycles. The highest BCUT2D eigenvalue weighted by Crippen LogP contribution is 2.20. The van der Waals surface area contributed by atoms with E-state index >= 15 is 0 Å². The lowest BCUT2D eigenvalue weighted by Crippen LogP contribution is -2.25. The van der Waals surface area contributed by atoms with Crippen LogP contribution in [0.25, 0.3) is 11.0 Å². The summed E-state index contributed by atoms with van der Waals surface area (Å²) in [6.45, 7) is 13.1. The molecule has 2 aromatic carbocycles. The molecule has 3 rings (SSSR count). The molecule has 0 spiro atoms. The van der Waals surface area contributed by atoms with Crippen LogP contribution in [0.3, 0.4) is 0 Å². The molecule has 1 aromatic heterocycles. The molecule has 144 valence electrons. The van der Waals surface area contributed by atoms with Crippen molar-refractivity contribution in [2.75, 3.05) is 13.1 Å². The van der Waals surface area contributed by atoms with Crippen LogP contribution >= 0.6 is 0 Å². The van der Waals surface area contributed by atoms with E-state index in [0.717, 1.165) is 44.5 Å². The Hall–Kier alpha value is -2.13. The molecule has 27 heavy (non-hydrogen) atoms. The van der Waals surface area contributed by atoms with Gasteiger partial charge in [0.05, 0.1) is 17.6 Å². The zero-order chi connectivity index (χ0) is 19.2. The number of aromatic nitrogens is 2. The number of fused-ring (bicyclic) bond motifs is 1. The monoisotopic (exact) mass is 363 g/mol. The first-order valence-electron chi connectivity index (χ1n) is 10.4. The fraction of sp³-hybridized carbons (Fsp3) is 0.458. The number of imidazole rings is 1. The molecule has 3 heteroatoms. The Kier molecular flexibility index (Phi) is 6.68. The van der Waals surface area contributed by atoms with Crippen LogP contribution in [0.15, 0.2) is 42.5 Å². The maximum absolute atomic E-state index is 4.96. The molecule has 0 fully saturated rings. The third kappa shape index (κ3) is 4.59. The molecule has 1 heterocycles. The average molecular weight is 364 g/mol. The summed E-state index contributed by atoms with van der Waals surface area (Å²) in [6.07, 6.45) is 3.44. The second kappa shape index (κ2) is 9.18. The number of nitrogens with zero attached hydrogens (tertiary/aromatic N) is 3. The molecule has 0 aliphatic rings. The minimum atomic E-state index is 0.933. The zero-order valence-corrected chi connectivity index (χ0v) is 17.3. The standard InChI is InChI=1S/C24H33N3/c1-5-16-26(6-2)18-24-25-22-14-7-8-15-23(22)27(24)17-10-13-21-19(3)11-9-12-20(21)4/h7-9,11-12,14-15H,5-6,10,13,16-18H2,1-4H3. The molecule has 0 aliphatic heterocycles. The molecule has 0 saturated heterocycles. The Morgan fingerprint density at radius 1 is 0.963 bits per heavy atom. The van der Waals surface area contributed by atoms with Crippen LogP contribution in [0.1, 0.15) is 49.2 Å². The van der Waals surface area contributed by atoms with Crippen LogP contribution in [0.5, 0.6) is 0 Å². The predicted molar refractivity (Wildman–Crippen MR) is 115 cm³/mol. The van der Waals surface area contributed by atoms with Crippen molar-refractivity contribution in [1.29, 1.82) is 0 Å². The second-order valence-corrected chi connectivity index (χ2v) is 7.51. The van der Waals surface area contributed by atoms with Crippen LogP contribution < -0.4 is 0 Å². The van der Waals surface area contributed by atoms with Crippen molar-refractivity contribution in [1.82, 2.24) is 14.5 Å². The molecule has 0 radical (unpaired) electrons. The Morgan fingerprint density at radius 3 is 2.41 bits per heavy atom. The molecule has 0 amide bonds. The molecule has 3 nitrogen and oxygen atoms in total. The molecular formula is C24H33N3. The van der Waals surface area contributed by atoms with Crippen molar-refractivity contribution < 1.29 is 0 Å². The smallest absolute Gasteiger partial charge is 0.124 e. The Morgan fingerprint density at radius 2 is 1.70 bits per heavy atom. The minimum Gasteiger partial charge on any atom is -0.327 e. The molecule has 0 aliphatic carbocycles. The lowest BCUT2D eigenvalue weighted by molar-refractivity contribution is 0.269. The van der Waals surface area contributed by atoms with Crippen molar-refractivity contribution in [2.45, 2.75) is 60.0 Å². The van der Waals surface area contributed by atoms with Gasteiger partial charge in [0.25, 0.3) is 0 Å². The van der Waals surface area contributed by atoms with Gasteiger partial charge in [-0.1, -0.05) is 44.2 Å². The van der Waals surface area contributed by atoms with Crippen LogP contribution in [0.4, 0.5) is 0 Å². The molecule has 0 N–H and O–H groups in total. The number of para-hydroxylation sites is 2. The topological polar surface area (TPSA) is 21.1 Å². The Balaban J connectivity index is 1.80. The lowest BCUT2D eigenvalue weighted by atomic mass is 9.99. The number of aryl methyl sites for hydroxylation is 3. The summed E-state index contributed by atoms with van der Waals surface area (Å²) in [6, 6.07) is 15.2. The number of benzene rings is 2. The maximum Gasteiger partial charge on any atom is 0.124 e. The van der Waals surface area contributed by atoms with E-state index in [9.17, 15) is 0 Å². The summed E-state index contributed by atoms with van der Waals surface area (Å²) in [5, 5.41) is 0. The first kappa shape index (κ1) is 19.6. The lowest BCUT2D eigenvalue weighted by Gasteiger charge is -2.20. The first-order valence-corrected chi connectivity index (χ1v) is 10.4. The van der Waals surface area contributed by atoms with Gasteiger partial charge in [-0.25, -0.2) is 4.98 Å². The van der Waals surface area contributed by atoms with E-state index in [4.69, 9.17) is 4.98 Å². The van der Waals surface area contributed by atoms with Crippen molar-refractivity contribution in [3.05, 3.63) is 65.0 Å². The van der Waals surface area contributed by atoms with Crippen molar-refractivity contribution in [2.24, 2.45) is 0 Å². The van der Waals surface area contributed by atoms with E-state index < -0.39 is 0 Å². The number of rotatable bonds is 9. The maximum atomic E-state index is 4.96. The zero-order valence-electron chi connectivity index (χ0n) is 17.3. The van der Waals surface area contributed by atoms with Gasteiger partial charge in [-0.15, -0.1) is 0 Å². The highest BCUT2D eigenvalue weighted by atomic mass is 15.2. The molecule has 0 atom stereocenters. The normalized spacial score (nSPS) is 11.6. The number of hydrogen-bond acceptors (Lipinski definition) is 2. The van der Waals surface area contributed by atoms with Crippen LogP contribution in [-0.2, 0) is 19.5 Å². The molecule has 0 unspecified atom stereocenters. The largest absolute Gasteiger partial charge is 0.327 e. The summed E-state index contributed by atoms with van der Waals surface area (Å²) in [4.78, 5) is 7.45. The average Bonchev–Trinajstić information content (AvgIpc) is 3.01.